The van der Waals surface area contributed by atoms with Crippen LogP contribution in [0.3, 0.4) is 0 Å². The minimum Gasteiger partial charge on any atom is -0.349 e. The highest BCUT2D eigenvalue weighted by Gasteiger charge is 2.26. The maximum atomic E-state index is 12.6. The van der Waals surface area contributed by atoms with Gasteiger partial charge in [0.15, 0.2) is 0 Å². The van der Waals surface area contributed by atoms with Crippen LogP contribution in [-0.2, 0) is 11.3 Å². The highest BCUT2D eigenvalue weighted by Crippen LogP contribution is 2.23. The van der Waals surface area contributed by atoms with Gasteiger partial charge in [-0.15, -0.1) is 0 Å². The number of nitrogens with zero attached hydrogens (tertiary/aromatic N) is 1. The van der Waals surface area contributed by atoms with Crippen molar-refractivity contribution in [2.75, 3.05) is 13.1 Å². The van der Waals surface area contributed by atoms with Crippen LogP contribution in [0.1, 0.15) is 42.5 Å². The summed E-state index contributed by atoms with van der Waals surface area (Å²) in [7, 11) is 0. The Morgan fingerprint density at radius 3 is 2.46 bits per heavy atom. The summed E-state index contributed by atoms with van der Waals surface area (Å²) in [5, 5.41) is 4.00. The third kappa shape index (κ3) is 4.87. The minimum absolute atomic E-state index is 0.0456. The highest BCUT2D eigenvalue weighted by atomic mass is 35.5. The number of piperidine rings is 1. The van der Waals surface area contributed by atoms with Crippen LogP contribution in [0, 0.1) is 12.8 Å². The maximum absolute atomic E-state index is 12.6. The molecular weight excluding hydrogens is 344 g/mol. The molecule has 1 aliphatic heterocycles. The third-order valence-corrected chi connectivity index (χ3v) is 5.62. The fourth-order valence-corrected chi connectivity index (χ4v) is 3.69. The van der Waals surface area contributed by atoms with E-state index in [1.54, 1.807) is 0 Å². The predicted octanol–water partition coefficient (Wildman–Crippen LogP) is 4.74. The van der Waals surface area contributed by atoms with Crippen molar-refractivity contribution < 1.29 is 4.79 Å². The van der Waals surface area contributed by atoms with Crippen LogP contribution in [0.2, 0.25) is 5.02 Å². The van der Waals surface area contributed by atoms with Crippen molar-refractivity contribution in [1.82, 2.24) is 10.2 Å². The van der Waals surface area contributed by atoms with E-state index >= 15 is 0 Å². The largest absolute Gasteiger partial charge is 0.349 e. The van der Waals surface area contributed by atoms with E-state index in [2.05, 4.69) is 54.4 Å². The molecule has 3 rings (SSSR count). The molecular formula is C22H27ClN2O. The first-order valence-corrected chi connectivity index (χ1v) is 9.73. The van der Waals surface area contributed by atoms with E-state index in [0.717, 1.165) is 48.6 Å². The number of rotatable bonds is 5. The van der Waals surface area contributed by atoms with Gasteiger partial charge in [-0.05, 0) is 57.0 Å². The van der Waals surface area contributed by atoms with Gasteiger partial charge in [0.25, 0.3) is 0 Å². The number of nitrogens with one attached hydrogen (secondary N) is 1. The summed E-state index contributed by atoms with van der Waals surface area (Å²) >= 11 is 6.26. The quantitative estimate of drug-likeness (QED) is 0.824. The normalized spacial score (nSPS) is 17.0. The molecule has 1 aliphatic rings. The molecule has 0 bridgehead atoms. The molecule has 1 saturated heterocycles. The molecule has 3 nitrogen and oxygen atoms in total. The second-order valence-corrected chi connectivity index (χ2v) is 7.69. The topological polar surface area (TPSA) is 32.3 Å². The number of likely N-dealkylation sites (tertiary alicyclic amines) is 1. The standard InChI is InChI=1S/C22H27ClN2O/c1-16-7-9-18(10-8-16)17(2)24-22(26)19-11-13-25(14-12-19)15-20-5-3-4-6-21(20)23/h3-10,17,19H,11-15H2,1-2H3,(H,24,26)/t17-/m0/s1. The first-order valence-electron chi connectivity index (χ1n) is 9.35. The molecule has 1 fully saturated rings. The van der Waals surface area contributed by atoms with E-state index in [-0.39, 0.29) is 17.9 Å². The van der Waals surface area contributed by atoms with Crippen LogP contribution in [0.4, 0.5) is 0 Å². The average molecular weight is 371 g/mol. The Hall–Kier alpha value is -1.84. The number of carbonyl (C=O) groups is 1. The van der Waals surface area contributed by atoms with Gasteiger partial charge in [-0.1, -0.05) is 59.6 Å². The lowest BCUT2D eigenvalue weighted by Crippen LogP contribution is -2.40. The summed E-state index contributed by atoms with van der Waals surface area (Å²) < 4.78 is 0. The van der Waals surface area contributed by atoms with Crippen LogP contribution in [0.15, 0.2) is 48.5 Å². The Labute approximate surface area is 161 Å². The van der Waals surface area contributed by atoms with Crippen molar-refractivity contribution >= 4 is 17.5 Å². The van der Waals surface area contributed by atoms with Crippen molar-refractivity contribution in [3.8, 4) is 0 Å². The van der Waals surface area contributed by atoms with Gasteiger partial charge in [0.05, 0.1) is 6.04 Å². The van der Waals surface area contributed by atoms with Crippen molar-refractivity contribution in [3.63, 3.8) is 0 Å². The number of amides is 1. The summed E-state index contributed by atoms with van der Waals surface area (Å²) in [6.07, 6.45) is 1.80. The van der Waals surface area contributed by atoms with Gasteiger partial charge < -0.3 is 5.32 Å². The Kier molecular flexibility index (Phi) is 6.33. The van der Waals surface area contributed by atoms with E-state index in [4.69, 9.17) is 11.6 Å². The van der Waals surface area contributed by atoms with Crippen molar-refractivity contribution in [3.05, 3.63) is 70.2 Å². The Morgan fingerprint density at radius 2 is 1.81 bits per heavy atom. The summed E-state index contributed by atoms with van der Waals surface area (Å²) in [6, 6.07) is 16.4. The minimum atomic E-state index is 0.0456. The molecule has 0 unspecified atom stereocenters. The molecule has 0 spiro atoms. The van der Waals surface area contributed by atoms with E-state index < -0.39 is 0 Å². The number of aryl methyl sites for hydroxylation is 1. The molecule has 1 amide bonds. The smallest absolute Gasteiger partial charge is 0.223 e. The van der Waals surface area contributed by atoms with E-state index in [1.165, 1.54) is 5.56 Å². The molecule has 138 valence electrons. The molecule has 4 heteroatoms. The molecule has 1 N–H and O–H groups in total. The van der Waals surface area contributed by atoms with Crippen molar-refractivity contribution in [2.45, 2.75) is 39.3 Å². The molecule has 0 saturated carbocycles. The zero-order valence-electron chi connectivity index (χ0n) is 15.5. The van der Waals surface area contributed by atoms with Gasteiger partial charge in [-0.25, -0.2) is 0 Å². The highest BCUT2D eigenvalue weighted by molar-refractivity contribution is 6.31. The molecule has 2 aromatic rings. The number of hydrogen-bond acceptors (Lipinski definition) is 2. The van der Waals surface area contributed by atoms with E-state index in [1.807, 2.05) is 18.2 Å². The molecule has 26 heavy (non-hydrogen) atoms. The Balaban J connectivity index is 1.49. The van der Waals surface area contributed by atoms with E-state index in [9.17, 15) is 4.79 Å². The summed E-state index contributed by atoms with van der Waals surface area (Å²) in [6.45, 7) is 6.84. The molecule has 1 atom stereocenters. The van der Waals surface area contributed by atoms with Gasteiger partial charge in [0.2, 0.25) is 5.91 Å². The third-order valence-electron chi connectivity index (χ3n) is 5.25. The second kappa shape index (κ2) is 8.70. The Morgan fingerprint density at radius 1 is 1.15 bits per heavy atom. The fraction of sp³-hybridized carbons (Fsp3) is 0.409. The van der Waals surface area contributed by atoms with Gasteiger partial charge in [-0.2, -0.15) is 0 Å². The lowest BCUT2D eigenvalue weighted by Gasteiger charge is -2.32. The van der Waals surface area contributed by atoms with Gasteiger partial charge in [-0.3, -0.25) is 9.69 Å². The van der Waals surface area contributed by atoms with Gasteiger partial charge in [0, 0.05) is 17.5 Å². The number of carbonyl (C=O) groups excluding carboxylic acids is 1. The summed E-state index contributed by atoms with van der Waals surface area (Å²) in [4.78, 5) is 15.0. The van der Waals surface area contributed by atoms with Gasteiger partial charge >= 0.3 is 0 Å². The van der Waals surface area contributed by atoms with Crippen LogP contribution in [-0.4, -0.2) is 23.9 Å². The molecule has 0 aromatic heterocycles. The number of benzene rings is 2. The summed E-state index contributed by atoms with van der Waals surface area (Å²) in [5.74, 6) is 0.279. The first-order chi connectivity index (χ1) is 12.5. The molecule has 2 aromatic carbocycles. The van der Waals surface area contributed by atoms with Crippen LogP contribution < -0.4 is 5.32 Å². The predicted molar refractivity (Wildman–Crippen MR) is 107 cm³/mol. The molecule has 0 radical (unpaired) electrons. The zero-order chi connectivity index (χ0) is 18.5. The lowest BCUT2D eigenvalue weighted by atomic mass is 9.94. The van der Waals surface area contributed by atoms with Crippen molar-refractivity contribution in [1.29, 1.82) is 0 Å². The lowest BCUT2D eigenvalue weighted by molar-refractivity contribution is -0.127. The fourth-order valence-electron chi connectivity index (χ4n) is 3.49. The monoisotopic (exact) mass is 370 g/mol. The van der Waals surface area contributed by atoms with Crippen molar-refractivity contribution in [2.24, 2.45) is 5.92 Å². The maximum Gasteiger partial charge on any atom is 0.223 e. The van der Waals surface area contributed by atoms with E-state index in [0.29, 0.717) is 0 Å². The Bertz CT molecular complexity index is 736. The number of halogens is 1. The zero-order valence-corrected chi connectivity index (χ0v) is 16.3. The molecule has 0 aliphatic carbocycles. The SMILES string of the molecule is Cc1ccc([C@H](C)NC(=O)C2CCN(Cc3ccccc3Cl)CC2)cc1. The van der Waals surface area contributed by atoms with Crippen LogP contribution >= 0.6 is 11.6 Å². The summed E-state index contributed by atoms with van der Waals surface area (Å²) in [5.41, 5.74) is 3.54. The van der Waals surface area contributed by atoms with Crippen LogP contribution in [0.5, 0.6) is 0 Å². The van der Waals surface area contributed by atoms with Gasteiger partial charge in [0.1, 0.15) is 0 Å². The first kappa shape index (κ1) is 18.9. The average Bonchev–Trinajstić information content (AvgIpc) is 2.64. The van der Waals surface area contributed by atoms with Crippen LogP contribution in [0.25, 0.3) is 0 Å². The second-order valence-electron chi connectivity index (χ2n) is 7.28. The number of hydrogen-bond donors (Lipinski definition) is 1. The molecule has 1 heterocycles.